The van der Waals surface area contributed by atoms with Crippen molar-refractivity contribution in [3.63, 3.8) is 0 Å². The Morgan fingerprint density at radius 2 is 1.90 bits per heavy atom. The van der Waals surface area contributed by atoms with Crippen LogP contribution >= 0.6 is 23.4 Å². The highest BCUT2D eigenvalue weighted by atomic mass is 35.5. The Kier molecular flexibility index (Phi) is 7.30. The predicted octanol–water partition coefficient (Wildman–Crippen LogP) is 4.61. The number of halogens is 2. The zero-order valence-corrected chi connectivity index (χ0v) is 17.4. The summed E-state index contributed by atoms with van der Waals surface area (Å²) in [5.41, 5.74) is 8.71. The molecule has 1 atom stereocenters. The van der Waals surface area contributed by atoms with Crippen molar-refractivity contribution >= 4 is 29.2 Å². The Bertz CT molecular complexity index is 973. The number of para-hydroxylation sites is 1. The third kappa shape index (κ3) is 5.59. The number of aromatic nitrogens is 2. The van der Waals surface area contributed by atoms with E-state index in [9.17, 15) is 9.50 Å². The molecule has 0 saturated heterocycles. The van der Waals surface area contributed by atoms with E-state index in [0.717, 1.165) is 16.8 Å². The largest absolute Gasteiger partial charge is 0.488 e. The molecule has 5 nitrogen and oxygen atoms in total. The van der Waals surface area contributed by atoms with Crippen molar-refractivity contribution in [3.8, 4) is 16.9 Å². The van der Waals surface area contributed by atoms with Crippen LogP contribution in [-0.2, 0) is 6.42 Å². The van der Waals surface area contributed by atoms with E-state index in [-0.39, 0.29) is 18.1 Å². The fraction of sp³-hybridized carbons (Fsp3) is 0.238. The molecule has 29 heavy (non-hydrogen) atoms. The van der Waals surface area contributed by atoms with Gasteiger partial charge in [0.25, 0.3) is 0 Å². The predicted molar refractivity (Wildman–Crippen MR) is 115 cm³/mol. The van der Waals surface area contributed by atoms with Crippen LogP contribution in [0.5, 0.6) is 5.75 Å². The van der Waals surface area contributed by atoms with Crippen molar-refractivity contribution in [3.05, 3.63) is 65.1 Å². The average molecular weight is 434 g/mol. The highest BCUT2D eigenvalue weighted by molar-refractivity contribution is 7.99. The summed E-state index contributed by atoms with van der Waals surface area (Å²) in [4.78, 5) is 8.95. The highest BCUT2D eigenvalue weighted by Gasteiger charge is 2.15. The Morgan fingerprint density at radius 1 is 1.17 bits per heavy atom. The molecule has 1 heterocycles. The molecule has 2 aromatic carbocycles. The van der Waals surface area contributed by atoms with Crippen LogP contribution in [0.2, 0.25) is 5.02 Å². The van der Waals surface area contributed by atoms with Crippen LogP contribution < -0.4 is 10.5 Å². The van der Waals surface area contributed by atoms with E-state index in [2.05, 4.69) is 9.97 Å². The van der Waals surface area contributed by atoms with E-state index >= 15 is 0 Å². The highest BCUT2D eigenvalue weighted by Crippen LogP contribution is 2.31. The lowest BCUT2D eigenvalue weighted by Gasteiger charge is -2.14. The Hall–Kier alpha value is -2.35. The van der Waals surface area contributed by atoms with Crippen LogP contribution in [-0.4, -0.2) is 33.5 Å². The molecule has 3 N–H and O–H groups in total. The van der Waals surface area contributed by atoms with Gasteiger partial charge in [0.1, 0.15) is 12.4 Å². The summed E-state index contributed by atoms with van der Waals surface area (Å²) in [6.07, 6.45) is -0.137. The number of aryl methyl sites for hydroxylation is 1. The van der Waals surface area contributed by atoms with Crippen LogP contribution in [0.3, 0.4) is 0 Å². The van der Waals surface area contributed by atoms with Crippen LogP contribution in [0.15, 0.2) is 53.7 Å². The molecule has 1 aromatic heterocycles. The number of hydrogen-bond donors (Lipinski definition) is 2. The zero-order valence-electron chi connectivity index (χ0n) is 15.8. The summed E-state index contributed by atoms with van der Waals surface area (Å²) >= 11 is 7.23. The van der Waals surface area contributed by atoms with Gasteiger partial charge < -0.3 is 15.6 Å². The van der Waals surface area contributed by atoms with Gasteiger partial charge in [-0.2, -0.15) is 0 Å². The number of thioether (sulfide) groups is 1. The second-order valence-electron chi connectivity index (χ2n) is 6.28. The second-order valence-corrected chi connectivity index (χ2v) is 7.70. The van der Waals surface area contributed by atoms with Gasteiger partial charge in [-0.1, -0.05) is 54.6 Å². The minimum atomic E-state index is -0.814. The Balaban J connectivity index is 1.66. The maximum atomic E-state index is 13.6. The topological polar surface area (TPSA) is 81.3 Å². The number of aliphatic hydroxyl groups excluding tert-OH is 1. The molecule has 0 aliphatic rings. The van der Waals surface area contributed by atoms with Crippen molar-refractivity contribution in [1.29, 1.82) is 0 Å². The van der Waals surface area contributed by atoms with Crippen molar-refractivity contribution in [2.45, 2.75) is 24.6 Å². The first-order chi connectivity index (χ1) is 14.0. The normalized spacial score (nSPS) is 12.0. The fourth-order valence-electron chi connectivity index (χ4n) is 2.72. The number of aliphatic hydroxyl groups is 1. The van der Waals surface area contributed by atoms with E-state index in [1.807, 2.05) is 19.1 Å². The number of nitrogen functional groups attached to an aromatic ring is 1. The average Bonchev–Trinajstić information content (AvgIpc) is 2.72. The van der Waals surface area contributed by atoms with Gasteiger partial charge in [-0.25, -0.2) is 14.4 Å². The summed E-state index contributed by atoms with van der Waals surface area (Å²) in [7, 11) is 0. The molecule has 0 bridgehead atoms. The van der Waals surface area contributed by atoms with Crippen LogP contribution in [0.4, 0.5) is 10.2 Å². The van der Waals surface area contributed by atoms with E-state index in [4.69, 9.17) is 22.1 Å². The quantitative estimate of drug-likeness (QED) is 0.398. The number of nitrogens with two attached hydrogens (primary N) is 1. The summed E-state index contributed by atoms with van der Waals surface area (Å²) in [5.74, 6) is 0.308. The summed E-state index contributed by atoms with van der Waals surface area (Å²) in [6, 6.07) is 13.4. The molecule has 0 amide bonds. The van der Waals surface area contributed by atoms with E-state index in [0.29, 0.717) is 22.4 Å². The van der Waals surface area contributed by atoms with Gasteiger partial charge in [0, 0.05) is 16.3 Å². The maximum Gasteiger partial charge on any atom is 0.189 e. The van der Waals surface area contributed by atoms with Crippen molar-refractivity contribution in [2.75, 3.05) is 18.1 Å². The monoisotopic (exact) mass is 433 g/mol. The molecule has 0 saturated carbocycles. The first-order valence-electron chi connectivity index (χ1n) is 9.08. The third-order valence-corrected chi connectivity index (χ3v) is 5.38. The number of anilines is 1. The molecule has 0 fully saturated rings. The van der Waals surface area contributed by atoms with Crippen LogP contribution in [0, 0.1) is 5.82 Å². The molecule has 3 aromatic rings. The SMILES string of the molecule is CCc1nc(SC[C@@H](O)COc2ccccc2F)nc(N)c1-c1ccc(Cl)cc1. The Morgan fingerprint density at radius 3 is 2.59 bits per heavy atom. The smallest absolute Gasteiger partial charge is 0.189 e. The number of nitrogens with zero attached hydrogens (tertiary/aromatic N) is 2. The zero-order chi connectivity index (χ0) is 20.8. The number of hydrogen-bond acceptors (Lipinski definition) is 6. The van der Waals surface area contributed by atoms with Crippen molar-refractivity contribution in [2.24, 2.45) is 0 Å². The fourth-order valence-corrected chi connectivity index (χ4v) is 3.62. The molecule has 0 aliphatic heterocycles. The van der Waals surface area contributed by atoms with Crippen molar-refractivity contribution < 1.29 is 14.2 Å². The van der Waals surface area contributed by atoms with E-state index < -0.39 is 11.9 Å². The van der Waals surface area contributed by atoms with Gasteiger partial charge in [0.15, 0.2) is 16.7 Å². The standard InChI is InChI=1S/C21H21ClFN3O2S/c1-2-17-19(13-7-9-14(22)10-8-13)20(24)26-21(25-17)29-12-15(27)11-28-18-6-4-3-5-16(18)23/h3-10,15,27H,2,11-12H2,1H3,(H2,24,25,26)/t15-/m0/s1. The molecule has 152 valence electrons. The maximum absolute atomic E-state index is 13.6. The first kappa shape index (κ1) is 21.4. The number of ether oxygens (including phenoxy) is 1. The second kappa shape index (κ2) is 9.91. The Labute approximate surface area is 178 Å². The third-order valence-electron chi connectivity index (χ3n) is 4.13. The van der Waals surface area contributed by atoms with E-state index in [1.165, 1.54) is 23.9 Å². The molecular weight excluding hydrogens is 413 g/mol. The van der Waals surface area contributed by atoms with Gasteiger partial charge in [-0.15, -0.1) is 0 Å². The number of rotatable bonds is 8. The molecule has 0 spiro atoms. The molecule has 0 radical (unpaired) electrons. The van der Waals surface area contributed by atoms with Gasteiger partial charge >= 0.3 is 0 Å². The van der Waals surface area contributed by atoms with Crippen molar-refractivity contribution in [1.82, 2.24) is 9.97 Å². The van der Waals surface area contributed by atoms with E-state index in [1.54, 1.807) is 24.3 Å². The first-order valence-corrected chi connectivity index (χ1v) is 10.4. The van der Waals surface area contributed by atoms with Gasteiger partial charge in [0.05, 0.1) is 11.8 Å². The van der Waals surface area contributed by atoms with Gasteiger partial charge in [-0.05, 0) is 36.2 Å². The molecule has 0 unspecified atom stereocenters. The minimum Gasteiger partial charge on any atom is -0.488 e. The molecular formula is C21H21ClFN3O2S. The van der Waals surface area contributed by atoms with Gasteiger partial charge in [-0.3, -0.25) is 0 Å². The van der Waals surface area contributed by atoms with Crippen LogP contribution in [0.25, 0.3) is 11.1 Å². The lowest BCUT2D eigenvalue weighted by Crippen LogP contribution is -2.20. The summed E-state index contributed by atoms with van der Waals surface area (Å²) in [6.45, 7) is 1.96. The van der Waals surface area contributed by atoms with Gasteiger partial charge in [0.2, 0.25) is 0 Å². The summed E-state index contributed by atoms with van der Waals surface area (Å²) in [5, 5.41) is 11.3. The molecule has 3 rings (SSSR count). The lowest BCUT2D eigenvalue weighted by molar-refractivity contribution is 0.123. The molecule has 0 aliphatic carbocycles. The lowest BCUT2D eigenvalue weighted by atomic mass is 10.0. The number of benzene rings is 2. The van der Waals surface area contributed by atoms with Crippen LogP contribution in [0.1, 0.15) is 12.6 Å². The molecule has 8 heteroatoms. The minimum absolute atomic E-state index is 0.0348. The summed E-state index contributed by atoms with van der Waals surface area (Å²) < 4.78 is 18.9.